The number of benzene rings is 2. The lowest BCUT2D eigenvalue weighted by Gasteiger charge is -2.18. The maximum atomic E-state index is 11.8. The van der Waals surface area contributed by atoms with Crippen molar-refractivity contribution in [2.24, 2.45) is 5.92 Å². The van der Waals surface area contributed by atoms with Crippen LogP contribution >= 0.6 is 0 Å². The summed E-state index contributed by atoms with van der Waals surface area (Å²) in [4.78, 5) is 11.8. The summed E-state index contributed by atoms with van der Waals surface area (Å²) < 4.78 is 0. The van der Waals surface area contributed by atoms with E-state index >= 15 is 0 Å². The lowest BCUT2D eigenvalue weighted by Crippen LogP contribution is -2.12. The number of allylic oxidation sites excluding steroid dienone is 5. The minimum Gasteiger partial charge on any atom is -0.504 e. The predicted molar refractivity (Wildman–Crippen MR) is 107 cm³/mol. The molecular formula is C24H22O2. The first kappa shape index (κ1) is 17.7. The van der Waals surface area contributed by atoms with Crippen LogP contribution in [0.15, 0.2) is 96.3 Å². The molecule has 0 heterocycles. The molecule has 0 spiro atoms. The van der Waals surface area contributed by atoms with Crippen molar-refractivity contribution in [3.8, 4) is 0 Å². The molecule has 3 rings (SSSR count). The Hall–Kier alpha value is -3.13. The first-order valence-corrected chi connectivity index (χ1v) is 8.81. The van der Waals surface area contributed by atoms with Gasteiger partial charge in [-0.05, 0) is 36.1 Å². The van der Waals surface area contributed by atoms with Gasteiger partial charge in [0.25, 0.3) is 0 Å². The van der Waals surface area contributed by atoms with Crippen LogP contribution < -0.4 is 0 Å². The highest BCUT2D eigenvalue weighted by molar-refractivity contribution is 6.03. The summed E-state index contributed by atoms with van der Waals surface area (Å²) in [7, 11) is 0. The van der Waals surface area contributed by atoms with Crippen LogP contribution in [-0.4, -0.2) is 10.9 Å². The number of carbonyl (C=O) groups is 1. The molecule has 0 radical (unpaired) electrons. The van der Waals surface area contributed by atoms with Gasteiger partial charge in [0.15, 0.2) is 5.76 Å². The van der Waals surface area contributed by atoms with Gasteiger partial charge >= 0.3 is 0 Å². The summed E-state index contributed by atoms with van der Waals surface area (Å²) in [6.45, 7) is 0. The minimum absolute atomic E-state index is 0.0353. The summed E-state index contributed by atoms with van der Waals surface area (Å²) in [5.41, 5.74) is 3.30. The van der Waals surface area contributed by atoms with Crippen molar-refractivity contribution in [1.29, 1.82) is 0 Å². The second-order valence-corrected chi connectivity index (χ2v) is 6.31. The molecule has 1 unspecified atom stereocenters. The third-order valence-corrected chi connectivity index (χ3v) is 4.37. The number of ketones is 1. The summed E-state index contributed by atoms with van der Waals surface area (Å²) in [5, 5.41) is 9.81. The molecule has 2 nitrogen and oxygen atoms in total. The molecule has 1 aliphatic carbocycles. The smallest absolute Gasteiger partial charge is 0.219 e. The van der Waals surface area contributed by atoms with Crippen molar-refractivity contribution in [3.05, 3.63) is 107 Å². The van der Waals surface area contributed by atoms with Crippen LogP contribution in [0.5, 0.6) is 0 Å². The molecule has 2 aromatic carbocycles. The Balaban J connectivity index is 1.67. The third-order valence-electron chi connectivity index (χ3n) is 4.37. The van der Waals surface area contributed by atoms with Gasteiger partial charge in [0.05, 0.1) is 0 Å². The topological polar surface area (TPSA) is 37.3 Å². The molecule has 2 aromatic rings. The van der Waals surface area contributed by atoms with Crippen molar-refractivity contribution in [2.75, 3.05) is 0 Å². The molecule has 1 atom stereocenters. The number of rotatable bonds is 6. The van der Waals surface area contributed by atoms with E-state index in [1.807, 2.05) is 60.7 Å². The standard InChI is InChI=1S/C24H22O2/c25-23-17-21(15-7-13-19-9-3-1-4-10-19)22(18-24(23)26)16-8-14-20-11-5-2-6-12-20/h1-14,17-18,21,25H,15-16H2/b13-7+,14-8+. The monoisotopic (exact) mass is 342 g/mol. The lowest BCUT2D eigenvalue weighted by molar-refractivity contribution is -0.113. The number of aliphatic hydroxyl groups is 1. The molecule has 2 heteroatoms. The van der Waals surface area contributed by atoms with Gasteiger partial charge in [-0.25, -0.2) is 0 Å². The van der Waals surface area contributed by atoms with Crippen LogP contribution in [0.3, 0.4) is 0 Å². The number of hydrogen-bond acceptors (Lipinski definition) is 2. The Morgan fingerprint density at radius 2 is 1.42 bits per heavy atom. The Labute approximate surface area is 154 Å². The summed E-state index contributed by atoms with van der Waals surface area (Å²) in [6, 6.07) is 20.2. The zero-order valence-corrected chi connectivity index (χ0v) is 14.6. The van der Waals surface area contributed by atoms with E-state index in [-0.39, 0.29) is 17.5 Å². The minimum atomic E-state index is -0.309. The van der Waals surface area contributed by atoms with Gasteiger partial charge in [0, 0.05) is 5.92 Å². The molecule has 0 saturated heterocycles. The fraction of sp³-hybridized carbons (Fsp3) is 0.125. The highest BCUT2D eigenvalue weighted by atomic mass is 16.3. The molecule has 0 fully saturated rings. The molecule has 0 amide bonds. The Morgan fingerprint density at radius 1 is 0.846 bits per heavy atom. The van der Waals surface area contributed by atoms with E-state index in [1.54, 1.807) is 12.2 Å². The molecular weight excluding hydrogens is 320 g/mol. The van der Waals surface area contributed by atoms with Crippen LogP contribution in [0.1, 0.15) is 24.0 Å². The van der Waals surface area contributed by atoms with E-state index in [2.05, 4.69) is 24.3 Å². The van der Waals surface area contributed by atoms with E-state index in [1.165, 1.54) is 0 Å². The lowest BCUT2D eigenvalue weighted by atomic mass is 9.87. The summed E-state index contributed by atoms with van der Waals surface area (Å²) in [6.07, 6.45) is 13.0. The van der Waals surface area contributed by atoms with Gasteiger partial charge in [-0.3, -0.25) is 4.79 Å². The Kier molecular flexibility index (Phi) is 6.00. The first-order chi connectivity index (χ1) is 12.7. The van der Waals surface area contributed by atoms with E-state index in [4.69, 9.17) is 0 Å². The highest BCUT2D eigenvalue weighted by Crippen LogP contribution is 2.27. The van der Waals surface area contributed by atoms with Gasteiger partial charge in [0.2, 0.25) is 5.78 Å². The maximum Gasteiger partial charge on any atom is 0.219 e. The molecule has 0 bridgehead atoms. The average Bonchev–Trinajstić information content (AvgIpc) is 2.67. The summed E-state index contributed by atoms with van der Waals surface area (Å²) in [5.74, 6) is -0.427. The number of aliphatic hydroxyl groups excluding tert-OH is 1. The second-order valence-electron chi connectivity index (χ2n) is 6.31. The zero-order chi connectivity index (χ0) is 18.2. The van der Waals surface area contributed by atoms with Gasteiger partial charge in [-0.1, -0.05) is 90.5 Å². The second kappa shape index (κ2) is 8.82. The molecule has 26 heavy (non-hydrogen) atoms. The molecule has 0 aromatic heterocycles. The van der Waals surface area contributed by atoms with Crippen molar-refractivity contribution < 1.29 is 9.90 Å². The summed E-state index contributed by atoms with van der Waals surface area (Å²) >= 11 is 0. The largest absolute Gasteiger partial charge is 0.504 e. The quantitative estimate of drug-likeness (QED) is 0.724. The Bertz CT molecular complexity index is 856. The Morgan fingerprint density at radius 3 is 2.04 bits per heavy atom. The molecule has 1 aliphatic rings. The van der Waals surface area contributed by atoms with Crippen molar-refractivity contribution >= 4 is 17.9 Å². The predicted octanol–water partition coefficient (Wildman–Crippen LogP) is 5.76. The van der Waals surface area contributed by atoms with Crippen molar-refractivity contribution in [1.82, 2.24) is 0 Å². The van der Waals surface area contributed by atoms with E-state index in [0.29, 0.717) is 6.42 Å². The van der Waals surface area contributed by atoms with Crippen LogP contribution in [0.4, 0.5) is 0 Å². The zero-order valence-electron chi connectivity index (χ0n) is 14.6. The maximum absolute atomic E-state index is 11.8. The fourth-order valence-corrected chi connectivity index (χ4v) is 2.97. The third kappa shape index (κ3) is 4.93. The van der Waals surface area contributed by atoms with Gasteiger partial charge < -0.3 is 5.11 Å². The van der Waals surface area contributed by atoms with Gasteiger partial charge in [-0.15, -0.1) is 0 Å². The van der Waals surface area contributed by atoms with Crippen molar-refractivity contribution in [3.63, 3.8) is 0 Å². The molecule has 130 valence electrons. The van der Waals surface area contributed by atoms with E-state index in [9.17, 15) is 9.90 Å². The number of hydrogen-bond donors (Lipinski definition) is 1. The molecule has 0 aliphatic heterocycles. The van der Waals surface area contributed by atoms with Crippen LogP contribution in [-0.2, 0) is 4.79 Å². The average molecular weight is 342 g/mol. The van der Waals surface area contributed by atoms with Gasteiger partial charge in [-0.2, -0.15) is 0 Å². The van der Waals surface area contributed by atoms with E-state index < -0.39 is 0 Å². The SMILES string of the molecule is O=C1C=C(C/C=C/c2ccccc2)C(C/C=C/c2ccccc2)C=C1O. The van der Waals surface area contributed by atoms with Crippen molar-refractivity contribution in [2.45, 2.75) is 12.8 Å². The van der Waals surface area contributed by atoms with E-state index in [0.717, 1.165) is 23.1 Å². The number of carbonyl (C=O) groups excluding carboxylic acids is 1. The fourth-order valence-electron chi connectivity index (χ4n) is 2.97. The molecule has 1 N–H and O–H groups in total. The van der Waals surface area contributed by atoms with Crippen LogP contribution in [0, 0.1) is 5.92 Å². The van der Waals surface area contributed by atoms with Crippen LogP contribution in [0.2, 0.25) is 0 Å². The van der Waals surface area contributed by atoms with Crippen LogP contribution in [0.25, 0.3) is 12.2 Å². The molecule has 0 saturated carbocycles. The highest BCUT2D eigenvalue weighted by Gasteiger charge is 2.20. The first-order valence-electron chi connectivity index (χ1n) is 8.81. The van der Waals surface area contributed by atoms with Gasteiger partial charge in [0.1, 0.15) is 0 Å². The normalized spacial score (nSPS) is 17.5.